The minimum absolute atomic E-state index is 0.222. The van der Waals surface area contributed by atoms with Crippen LogP contribution in [0.2, 0.25) is 0 Å². The summed E-state index contributed by atoms with van der Waals surface area (Å²) < 4.78 is 3.96. The van der Waals surface area contributed by atoms with Gasteiger partial charge < -0.3 is 5.32 Å². The van der Waals surface area contributed by atoms with Gasteiger partial charge in [0.05, 0.1) is 16.6 Å². The Hall–Kier alpha value is -0.920. The van der Waals surface area contributed by atoms with Crippen LogP contribution in [-0.2, 0) is 6.42 Å². The summed E-state index contributed by atoms with van der Waals surface area (Å²) in [7, 11) is 0. The van der Waals surface area contributed by atoms with Crippen molar-refractivity contribution < 1.29 is 0 Å². The molecule has 0 saturated carbocycles. The van der Waals surface area contributed by atoms with Crippen LogP contribution >= 0.6 is 11.5 Å². The lowest BCUT2D eigenvalue weighted by Crippen LogP contribution is -2.20. The second kappa shape index (κ2) is 5.74. The van der Waals surface area contributed by atoms with Crippen LogP contribution in [-0.4, -0.2) is 16.1 Å². The number of hydrogen-bond acceptors (Lipinski definition) is 4. The van der Waals surface area contributed by atoms with Gasteiger partial charge in [0, 0.05) is 6.42 Å². The van der Waals surface area contributed by atoms with Gasteiger partial charge in [0.15, 0.2) is 0 Å². The zero-order chi connectivity index (χ0) is 10.4. The monoisotopic (exact) mass is 209 g/mol. The summed E-state index contributed by atoms with van der Waals surface area (Å²) in [5.41, 5.74) is 1.07. The van der Waals surface area contributed by atoms with Gasteiger partial charge in [-0.25, -0.2) is 0 Å². The Kier molecular flexibility index (Phi) is 4.57. The highest BCUT2D eigenvalue weighted by Crippen LogP contribution is 2.23. The van der Waals surface area contributed by atoms with E-state index in [0.717, 1.165) is 18.7 Å². The fourth-order valence-corrected chi connectivity index (χ4v) is 2.16. The quantitative estimate of drug-likeness (QED) is 0.751. The molecule has 0 aliphatic rings. The minimum Gasteiger partial charge on any atom is -0.309 e. The van der Waals surface area contributed by atoms with Crippen molar-refractivity contribution in [2.45, 2.75) is 32.7 Å². The maximum atomic E-state index is 5.33. The fraction of sp³-hybridized carbons (Fsp3) is 0.600. The first kappa shape index (κ1) is 11.2. The molecule has 4 heteroatoms. The normalized spacial score (nSPS) is 12.4. The molecule has 0 amide bonds. The van der Waals surface area contributed by atoms with E-state index in [1.54, 1.807) is 0 Å². The average molecular weight is 209 g/mol. The molecule has 76 valence electrons. The summed E-state index contributed by atoms with van der Waals surface area (Å²) in [5, 5.41) is 7.43. The standard InChI is InChI=1S/C10H15N3S/c1-4-7-9(11-6-3)10-8(5-2)12-13-14-10/h1,9,11H,5-7H2,2-3H3. The number of hydrogen-bond donors (Lipinski definition) is 1. The van der Waals surface area contributed by atoms with Crippen molar-refractivity contribution in [3.8, 4) is 12.3 Å². The van der Waals surface area contributed by atoms with Crippen molar-refractivity contribution in [2.75, 3.05) is 6.54 Å². The van der Waals surface area contributed by atoms with Crippen LogP contribution in [0.5, 0.6) is 0 Å². The number of aryl methyl sites for hydroxylation is 1. The molecule has 0 aliphatic carbocycles. The maximum absolute atomic E-state index is 5.33. The highest BCUT2D eigenvalue weighted by molar-refractivity contribution is 7.05. The Balaban J connectivity index is 2.81. The lowest BCUT2D eigenvalue weighted by Gasteiger charge is -2.13. The predicted molar refractivity (Wildman–Crippen MR) is 59.2 cm³/mol. The topological polar surface area (TPSA) is 37.8 Å². The van der Waals surface area contributed by atoms with Crippen LogP contribution in [0.1, 0.15) is 36.9 Å². The molecule has 0 aliphatic heterocycles. The molecule has 0 aromatic carbocycles. The molecule has 0 radical (unpaired) electrons. The second-order valence-corrected chi connectivity index (χ2v) is 3.74. The average Bonchev–Trinajstić information content (AvgIpc) is 2.65. The van der Waals surface area contributed by atoms with Gasteiger partial charge in [-0.15, -0.1) is 17.4 Å². The van der Waals surface area contributed by atoms with E-state index in [1.807, 2.05) is 0 Å². The summed E-state index contributed by atoms with van der Waals surface area (Å²) in [6.45, 7) is 5.07. The molecular formula is C10H15N3S. The third kappa shape index (κ3) is 2.53. The summed E-state index contributed by atoms with van der Waals surface area (Å²) in [6.07, 6.45) is 6.95. The Morgan fingerprint density at radius 1 is 1.57 bits per heavy atom. The first-order chi connectivity index (χ1) is 6.83. The summed E-state index contributed by atoms with van der Waals surface area (Å²) in [5.74, 6) is 2.68. The van der Waals surface area contributed by atoms with Gasteiger partial charge in [0.2, 0.25) is 0 Å². The van der Waals surface area contributed by atoms with E-state index in [2.05, 4.69) is 34.7 Å². The lowest BCUT2D eigenvalue weighted by atomic mass is 10.1. The zero-order valence-electron chi connectivity index (χ0n) is 8.58. The largest absolute Gasteiger partial charge is 0.309 e. The molecule has 14 heavy (non-hydrogen) atoms. The molecule has 1 atom stereocenters. The van der Waals surface area contributed by atoms with Gasteiger partial charge >= 0.3 is 0 Å². The highest BCUT2D eigenvalue weighted by Gasteiger charge is 2.16. The van der Waals surface area contributed by atoms with Crippen molar-refractivity contribution in [3.63, 3.8) is 0 Å². The Labute approximate surface area is 89.1 Å². The molecule has 1 unspecified atom stereocenters. The number of rotatable bonds is 5. The van der Waals surface area contributed by atoms with Crippen LogP contribution in [0.25, 0.3) is 0 Å². The number of terminal acetylenes is 1. The Bertz CT molecular complexity index is 313. The number of nitrogens with zero attached hydrogens (tertiary/aromatic N) is 2. The molecule has 0 bridgehead atoms. The van der Waals surface area contributed by atoms with Gasteiger partial charge in [-0.1, -0.05) is 18.3 Å². The SMILES string of the molecule is C#CCC(NCC)c1snnc1CC. The van der Waals surface area contributed by atoms with Gasteiger partial charge in [0.1, 0.15) is 0 Å². The van der Waals surface area contributed by atoms with E-state index in [1.165, 1.54) is 16.4 Å². The van der Waals surface area contributed by atoms with Crippen molar-refractivity contribution in [2.24, 2.45) is 0 Å². The van der Waals surface area contributed by atoms with E-state index in [0.29, 0.717) is 6.42 Å². The minimum atomic E-state index is 0.222. The zero-order valence-corrected chi connectivity index (χ0v) is 9.40. The van der Waals surface area contributed by atoms with Crippen LogP contribution in [0.3, 0.4) is 0 Å². The third-order valence-electron chi connectivity index (χ3n) is 2.01. The molecule has 0 spiro atoms. The molecule has 0 saturated heterocycles. The highest BCUT2D eigenvalue weighted by atomic mass is 32.1. The molecule has 1 N–H and O–H groups in total. The third-order valence-corrected chi connectivity index (χ3v) is 2.89. The maximum Gasteiger partial charge on any atom is 0.0801 e. The van der Waals surface area contributed by atoms with Crippen LogP contribution < -0.4 is 5.32 Å². The molecule has 1 aromatic rings. The molecule has 1 heterocycles. The second-order valence-electron chi connectivity index (χ2n) is 2.96. The molecule has 3 nitrogen and oxygen atoms in total. The van der Waals surface area contributed by atoms with Crippen molar-refractivity contribution >= 4 is 11.5 Å². The molecule has 0 fully saturated rings. The predicted octanol–water partition coefficient (Wildman–Crippen LogP) is 1.77. The summed E-state index contributed by atoms with van der Waals surface area (Å²) in [6, 6.07) is 0.222. The van der Waals surface area contributed by atoms with E-state index >= 15 is 0 Å². The molecule has 1 rings (SSSR count). The first-order valence-corrected chi connectivity index (χ1v) is 5.58. The van der Waals surface area contributed by atoms with E-state index in [4.69, 9.17) is 6.42 Å². The first-order valence-electron chi connectivity index (χ1n) is 4.81. The van der Waals surface area contributed by atoms with Crippen LogP contribution in [0, 0.1) is 12.3 Å². The molecular weight excluding hydrogens is 194 g/mol. The summed E-state index contributed by atoms with van der Waals surface area (Å²) in [4.78, 5) is 1.19. The van der Waals surface area contributed by atoms with Gasteiger partial charge in [0.25, 0.3) is 0 Å². The smallest absolute Gasteiger partial charge is 0.0801 e. The number of aromatic nitrogens is 2. The summed E-state index contributed by atoms with van der Waals surface area (Å²) >= 11 is 1.44. The van der Waals surface area contributed by atoms with Crippen molar-refractivity contribution in [3.05, 3.63) is 10.6 Å². The van der Waals surface area contributed by atoms with E-state index in [9.17, 15) is 0 Å². The van der Waals surface area contributed by atoms with Gasteiger partial charge in [-0.2, -0.15) is 0 Å². The van der Waals surface area contributed by atoms with Crippen molar-refractivity contribution in [1.82, 2.24) is 14.9 Å². The van der Waals surface area contributed by atoms with E-state index < -0.39 is 0 Å². The van der Waals surface area contributed by atoms with Gasteiger partial charge in [-0.3, -0.25) is 0 Å². The van der Waals surface area contributed by atoms with E-state index in [-0.39, 0.29) is 6.04 Å². The van der Waals surface area contributed by atoms with Crippen molar-refractivity contribution in [1.29, 1.82) is 0 Å². The Morgan fingerprint density at radius 2 is 2.36 bits per heavy atom. The lowest BCUT2D eigenvalue weighted by molar-refractivity contribution is 0.568. The number of nitrogens with one attached hydrogen (secondary N) is 1. The van der Waals surface area contributed by atoms with Crippen LogP contribution in [0.4, 0.5) is 0 Å². The molecule has 1 aromatic heterocycles. The van der Waals surface area contributed by atoms with Crippen LogP contribution in [0.15, 0.2) is 0 Å². The Morgan fingerprint density at radius 3 is 2.93 bits per heavy atom. The van der Waals surface area contributed by atoms with Gasteiger partial charge in [-0.05, 0) is 24.5 Å². The fourth-order valence-electron chi connectivity index (χ4n) is 1.35.